The van der Waals surface area contributed by atoms with E-state index in [2.05, 4.69) is 4.74 Å². The fourth-order valence-electron chi connectivity index (χ4n) is 1.38. The van der Waals surface area contributed by atoms with Crippen molar-refractivity contribution in [2.45, 2.75) is 20.0 Å². The monoisotopic (exact) mass is 261 g/mol. The highest BCUT2D eigenvalue weighted by atomic mass is 19.3. The van der Waals surface area contributed by atoms with Gasteiger partial charge < -0.3 is 4.74 Å². The quantitative estimate of drug-likeness (QED) is 0.617. The first-order valence-electron chi connectivity index (χ1n) is 4.68. The highest BCUT2D eigenvalue weighted by molar-refractivity contribution is 5.97. The van der Waals surface area contributed by atoms with Gasteiger partial charge in [-0.05, 0) is 19.1 Å². The van der Waals surface area contributed by atoms with Crippen molar-refractivity contribution in [3.05, 3.63) is 28.8 Å². The van der Waals surface area contributed by atoms with Gasteiger partial charge in [-0.15, -0.1) is 0 Å². The fraction of sp³-hybridized carbons (Fsp3) is 0.273. The highest BCUT2D eigenvalue weighted by Crippen LogP contribution is 2.30. The second-order valence-corrected chi connectivity index (χ2v) is 3.28. The molecule has 0 radical (unpaired) electrons. The molecule has 96 valence electrons. The van der Waals surface area contributed by atoms with Crippen LogP contribution in [0.4, 0.5) is 17.6 Å². The van der Waals surface area contributed by atoms with Crippen molar-refractivity contribution >= 4 is 5.78 Å². The summed E-state index contributed by atoms with van der Waals surface area (Å²) < 4.78 is 53.3. The van der Waals surface area contributed by atoms with Gasteiger partial charge in [0.1, 0.15) is 11.8 Å². The van der Waals surface area contributed by atoms with Crippen LogP contribution in [0, 0.1) is 11.3 Å². The third kappa shape index (κ3) is 2.97. The van der Waals surface area contributed by atoms with Crippen LogP contribution >= 0.6 is 0 Å². The van der Waals surface area contributed by atoms with Gasteiger partial charge in [0.2, 0.25) is 0 Å². The van der Waals surface area contributed by atoms with Gasteiger partial charge >= 0.3 is 6.61 Å². The molecule has 0 atom stereocenters. The van der Waals surface area contributed by atoms with Gasteiger partial charge in [0.25, 0.3) is 6.43 Å². The predicted octanol–water partition coefficient (Wildman–Crippen LogP) is 3.30. The molecule has 0 aliphatic rings. The molecule has 1 rings (SSSR count). The van der Waals surface area contributed by atoms with Gasteiger partial charge in [0.05, 0.1) is 5.56 Å². The van der Waals surface area contributed by atoms with Crippen LogP contribution in [0.3, 0.4) is 0 Å². The Hall–Kier alpha value is -2.10. The molecule has 3 nitrogen and oxygen atoms in total. The third-order valence-electron chi connectivity index (χ3n) is 2.09. The zero-order chi connectivity index (χ0) is 13.9. The maximum atomic E-state index is 12.7. The molecular weight excluding hydrogens is 254 g/mol. The Morgan fingerprint density at radius 3 is 2.33 bits per heavy atom. The molecule has 0 unspecified atom stereocenters. The van der Waals surface area contributed by atoms with E-state index in [-0.39, 0.29) is 5.56 Å². The van der Waals surface area contributed by atoms with Crippen molar-refractivity contribution < 1.29 is 27.1 Å². The second-order valence-electron chi connectivity index (χ2n) is 3.28. The molecule has 1 aromatic rings. The molecule has 1 aromatic carbocycles. The third-order valence-corrected chi connectivity index (χ3v) is 2.09. The van der Waals surface area contributed by atoms with E-state index in [1.54, 1.807) is 0 Å². The Balaban J connectivity index is 3.45. The van der Waals surface area contributed by atoms with Crippen LogP contribution in [0.25, 0.3) is 0 Å². The van der Waals surface area contributed by atoms with E-state index in [4.69, 9.17) is 5.26 Å². The number of carbonyl (C=O) groups is 1. The summed E-state index contributed by atoms with van der Waals surface area (Å²) in [4.78, 5) is 11.2. The van der Waals surface area contributed by atoms with Gasteiger partial charge in [-0.2, -0.15) is 14.0 Å². The topological polar surface area (TPSA) is 50.1 Å². The van der Waals surface area contributed by atoms with Crippen LogP contribution in [-0.4, -0.2) is 12.4 Å². The SMILES string of the molecule is CC(=O)c1cc(OC(F)F)cc(C(F)F)c1C#N. The zero-order valence-corrected chi connectivity index (χ0v) is 9.08. The average molecular weight is 261 g/mol. The summed E-state index contributed by atoms with van der Waals surface area (Å²) in [6.07, 6.45) is -3.07. The minimum atomic E-state index is -3.21. The lowest BCUT2D eigenvalue weighted by atomic mass is 9.99. The van der Waals surface area contributed by atoms with Gasteiger partial charge in [-0.25, -0.2) is 8.78 Å². The summed E-state index contributed by atoms with van der Waals surface area (Å²) in [5, 5.41) is 8.75. The van der Waals surface area contributed by atoms with Crippen molar-refractivity contribution in [3.63, 3.8) is 0 Å². The van der Waals surface area contributed by atoms with E-state index in [1.165, 1.54) is 6.07 Å². The first-order valence-corrected chi connectivity index (χ1v) is 4.68. The van der Waals surface area contributed by atoms with Gasteiger partial charge in [-0.3, -0.25) is 4.79 Å². The van der Waals surface area contributed by atoms with E-state index in [1.807, 2.05) is 0 Å². The number of benzene rings is 1. The number of nitriles is 1. The molecule has 0 aliphatic heterocycles. The van der Waals surface area contributed by atoms with Crippen molar-refractivity contribution in [1.82, 2.24) is 0 Å². The number of hydrogen-bond acceptors (Lipinski definition) is 3. The molecule has 7 heteroatoms. The van der Waals surface area contributed by atoms with E-state index >= 15 is 0 Å². The summed E-state index contributed by atoms with van der Waals surface area (Å²) in [6.45, 7) is -2.17. The molecule has 0 amide bonds. The number of hydrogen-bond donors (Lipinski definition) is 0. The molecule has 0 saturated heterocycles. The average Bonchev–Trinajstić information content (AvgIpc) is 2.26. The van der Waals surface area contributed by atoms with Crippen molar-refractivity contribution in [2.24, 2.45) is 0 Å². The van der Waals surface area contributed by atoms with Crippen LogP contribution in [0.5, 0.6) is 5.75 Å². The number of nitrogens with zero attached hydrogens (tertiary/aromatic N) is 1. The first-order chi connectivity index (χ1) is 8.36. The molecule has 0 aliphatic carbocycles. The number of halogens is 4. The smallest absolute Gasteiger partial charge is 0.387 e. The lowest BCUT2D eigenvalue weighted by Crippen LogP contribution is -2.07. The summed E-state index contributed by atoms with van der Waals surface area (Å²) in [7, 11) is 0. The molecule has 0 fully saturated rings. The number of ether oxygens (including phenoxy) is 1. The van der Waals surface area contributed by atoms with Gasteiger partial charge in [0, 0.05) is 11.1 Å². The minimum absolute atomic E-state index is 0.369. The molecule has 0 saturated carbocycles. The predicted molar refractivity (Wildman–Crippen MR) is 52.8 cm³/mol. The Kier molecular flexibility index (Phi) is 4.26. The Morgan fingerprint density at radius 2 is 1.94 bits per heavy atom. The standard InChI is InChI=1S/C11H7F4NO2/c1-5(17)7-2-6(18-11(14)15)3-8(10(12)13)9(7)4-16/h2-3,10-11H,1H3. The molecule has 0 heterocycles. The Bertz CT molecular complexity index is 509. The molecular formula is C11H7F4NO2. The van der Waals surface area contributed by atoms with Crippen LogP contribution in [0.1, 0.15) is 34.8 Å². The molecule has 0 spiro atoms. The summed E-state index contributed by atoms with van der Waals surface area (Å²) >= 11 is 0. The Morgan fingerprint density at radius 1 is 1.33 bits per heavy atom. The number of ketones is 1. The van der Waals surface area contributed by atoms with Crippen molar-refractivity contribution in [1.29, 1.82) is 5.26 Å². The summed E-state index contributed by atoms with van der Waals surface area (Å²) in [5.74, 6) is -1.27. The maximum Gasteiger partial charge on any atom is 0.387 e. The maximum absolute atomic E-state index is 12.7. The summed E-state index contributed by atoms with van der Waals surface area (Å²) in [6, 6.07) is 2.94. The first kappa shape index (κ1) is 14.0. The van der Waals surface area contributed by atoms with E-state index in [0.717, 1.165) is 13.0 Å². The molecule has 18 heavy (non-hydrogen) atoms. The Labute approximate surface area is 99.6 Å². The molecule has 0 bridgehead atoms. The lowest BCUT2D eigenvalue weighted by molar-refractivity contribution is -0.0500. The van der Waals surface area contributed by atoms with Gasteiger partial charge in [-0.1, -0.05) is 0 Å². The van der Waals surface area contributed by atoms with Crippen molar-refractivity contribution in [3.8, 4) is 11.8 Å². The largest absolute Gasteiger partial charge is 0.435 e. The van der Waals surface area contributed by atoms with Crippen LogP contribution in [-0.2, 0) is 0 Å². The molecule has 0 aromatic heterocycles. The number of rotatable bonds is 4. The second kappa shape index (κ2) is 5.49. The number of alkyl halides is 4. The number of carbonyl (C=O) groups excluding carboxylic acids is 1. The lowest BCUT2D eigenvalue weighted by Gasteiger charge is -2.11. The van der Waals surface area contributed by atoms with Gasteiger partial charge in [0.15, 0.2) is 5.78 Å². The summed E-state index contributed by atoms with van der Waals surface area (Å²) in [5.41, 5.74) is -1.70. The van der Waals surface area contributed by atoms with Crippen LogP contribution in [0.15, 0.2) is 12.1 Å². The van der Waals surface area contributed by atoms with Crippen molar-refractivity contribution in [2.75, 3.05) is 0 Å². The highest BCUT2D eigenvalue weighted by Gasteiger charge is 2.21. The normalized spacial score (nSPS) is 10.6. The van der Waals surface area contributed by atoms with Crippen LogP contribution in [0.2, 0.25) is 0 Å². The van der Waals surface area contributed by atoms with Crippen LogP contribution < -0.4 is 4.74 Å². The number of Topliss-reactive ketones (excluding diaryl/α,β-unsaturated/α-hetero) is 1. The van der Waals surface area contributed by atoms with E-state index in [0.29, 0.717) is 6.07 Å². The molecule has 0 N–H and O–H groups in total. The minimum Gasteiger partial charge on any atom is -0.435 e. The zero-order valence-electron chi connectivity index (χ0n) is 9.08. The van der Waals surface area contributed by atoms with E-state index in [9.17, 15) is 22.4 Å². The van der Waals surface area contributed by atoms with E-state index < -0.39 is 35.7 Å². The fourth-order valence-corrected chi connectivity index (χ4v) is 1.38.